The maximum Gasteiger partial charge on any atom is 0.418 e. The standard InChI is InChI=1S/C12H12BrF3N2O/c13-8-1-2-9(12(14,15)16)10(4-8)18-6-7(5-17)3-11(18)19/h1-2,4,7H,3,5-6,17H2. The van der Waals surface area contributed by atoms with Crippen molar-refractivity contribution in [3.8, 4) is 0 Å². The highest BCUT2D eigenvalue weighted by atomic mass is 79.9. The van der Waals surface area contributed by atoms with Gasteiger partial charge in [-0.1, -0.05) is 15.9 Å². The highest BCUT2D eigenvalue weighted by Crippen LogP contribution is 2.39. The molecule has 1 aromatic carbocycles. The first-order valence-electron chi connectivity index (χ1n) is 5.70. The van der Waals surface area contributed by atoms with Gasteiger partial charge in [0.1, 0.15) is 0 Å². The third kappa shape index (κ3) is 2.92. The number of nitrogens with zero attached hydrogens (tertiary/aromatic N) is 1. The van der Waals surface area contributed by atoms with Crippen molar-refractivity contribution in [2.75, 3.05) is 18.0 Å². The molecule has 0 saturated carbocycles. The van der Waals surface area contributed by atoms with Gasteiger partial charge in [0.15, 0.2) is 0 Å². The molecule has 2 rings (SSSR count). The van der Waals surface area contributed by atoms with Crippen molar-refractivity contribution in [3.05, 3.63) is 28.2 Å². The van der Waals surface area contributed by atoms with Gasteiger partial charge in [-0.25, -0.2) is 0 Å². The molecule has 1 atom stereocenters. The van der Waals surface area contributed by atoms with Crippen LogP contribution in [-0.2, 0) is 11.0 Å². The average Bonchev–Trinajstić information content (AvgIpc) is 2.68. The molecule has 1 fully saturated rings. The molecule has 0 radical (unpaired) electrons. The van der Waals surface area contributed by atoms with Crippen LogP contribution in [0.4, 0.5) is 18.9 Å². The molecule has 2 N–H and O–H groups in total. The topological polar surface area (TPSA) is 46.3 Å². The minimum atomic E-state index is -4.49. The summed E-state index contributed by atoms with van der Waals surface area (Å²) >= 11 is 3.13. The molecular formula is C12H12BrF3N2O. The summed E-state index contributed by atoms with van der Waals surface area (Å²) in [4.78, 5) is 13.0. The maximum atomic E-state index is 13.0. The molecule has 1 aromatic rings. The van der Waals surface area contributed by atoms with Crippen LogP contribution in [0, 0.1) is 5.92 Å². The van der Waals surface area contributed by atoms with Gasteiger partial charge in [0, 0.05) is 17.4 Å². The zero-order chi connectivity index (χ0) is 14.2. The summed E-state index contributed by atoms with van der Waals surface area (Å²) in [5.41, 5.74) is 4.57. The molecule has 104 valence electrons. The van der Waals surface area contributed by atoms with Crippen LogP contribution >= 0.6 is 15.9 Å². The van der Waals surface area contributed by atoms with Crippen LogP contribution in [0.3, 0.4) is 0 Å². The van der Waals surface area contributed by atoms with E-state index in [1.807, 2.05) is 0 Å². The van der Waals surface area contributed by atoms with E-state index in [4.69, 9.17) is 5.73 Å². The van der Waals surface area contributed by atoms with Gasteiger partial charge >= 0.3 is 6.18 Å². The average molecular weight is 337 g/mol. The number of halogens is 4. The van der Waals surface area contributed by atoms with Crippen molar-refractivity contribution in [2.45, 2.75) is 12.6 Å². The zero-order valence-electron chi connectivity index (χ0n) is 9.88. The van der Waals surface area contributed by atoms with Gasteiger partial charge in [-0.15, -0.1) is 0 Å². The molecule has 0 aliphatic carbocycles. The first kappa shape index (κ1) is 14.3. The second-order valence-electron chi connectivity index (χ2n) is 4.47. The van der Waals surface area contributed by atoms with E-state index >= 15 is 0 Å². The molecule has 1 saturated heterocycles. The lowest BCUT2D eigenvalue weighted by Crippen LogP contribution is -2.28. The summed E-state index contributed by atoms with van der Waals surface area (Å²) < 4.78 is 39.4. The molecule has 3 nitrogen and oxygen atoms in total. The zero-order valence-corrected chi connectivity index (χ0v) is 11.5. The minimum absolute atomic E-state index is 0.0902. The van der Waals surface area contributed by atoms with Crippen molar-refractivity contribution < 1.29 is 18.0 Å². The summed E-state index contributed by atoms with van der Waals surface area (Å²) in [5, 5.41) is 0. The summed E-state index contributed by atoms with van der Waals surface area (Å²) in [6.07, 6.45) is -4.29. The molecule has 19 heavy (non-hydrogen) atoms. The third-order valence-corrected chi connectivity index (χ3v) is 3.59. The molecule has 7 heteroatoms. The maximum absolute atomic E-state index is 13.0. The second-order valence-corrected chi connectivity index (χ2v) is 5.39. The Morgan fingerprint density at radius 1 is 1.42 bits per heavy atom. The van der Waals surface area contributed by atoms with E-state index in [9.17, 15) is 18.0 Å². The third-order valence-electron chi connectivity index (χ3n) is 3.09. The molecule has 1 unspecified atom stereocenters. The Hall–Kier alpha value is -1.08. The summed E-state index contributed by atoms with van der Waals surface area (Å²) in [6, 6.07) is 3.61. The lowest BCUT2D eigenvalue weighted by atomic mass is 10.1. The molecule has 0 spiro atoms. The van der Waals surface area contributed by atoms with E-state index in [1.165, 1.54) is 17.0 Å². The van der Waals surface area contributed by atoms with Gasteiger partial charge in [-0.3, -0.25) is 4.79 Å². The van der Waals surface area contributed by atoms with Crippen LogP contribution in [0.2, 0.25) is 0 Å². The number of nitrogens with two attached hydrogens (primary N) is 1. The van der Waals surface area contributed by atoms with Crippen LogP contribution in [0.25, 0.3) is 0 Å². The second kappa shape index (κ2) is 5.13. The van der Waals surface area contributed by atoms with Crippen molar-refractivity contribution in [3.63, 3.8) is 0 Å². The number of amides is 1. The highest BCUT2D eigenvalue weighted by Gasteiger charge is 2.38. The molecule has 1 aliphatic heterocycles. The number of carbonyl (C=O) groups excluding carboxylic acids is 1. The minimum Gasteiger partial charge on any atom is -0.330 e. The SMILES string of the molecule is NCC1CC(=O)N(c2cc(Br)ccc2C(F)(F)F)C1. The normalized spacial score (nSPS) is 20.2. The van der Waals surface area contributed by atoms with Crippen molar-refractivity contribution in [2.24, 2.45) is 11.7 Å². The van der Waals surface area contributed by atoms with Crippen LogP contribution in [0.5, 0.6) is 0 Å². The number of benzene rings is 1. The lowest BCUT2D eigenvalue weighted by Gasteiger charge is -2.22. The number of alkyl halides is 3. The fraction of sp³-hybridized carbons (Fsp3) is 0.417. The van der Waals surface area contributed by atoms with E-state index in [0.717, 1.165) is 6.07 Å². The van der Waals surface area contributed by atoms with Crippen molar-refractivity contribution in [1.82, 2.24) is 0 Å². The molecular weight excluding hydrogens is 325 g/mol. The Labute approximate surface area is 116 Å². The summed E-state index contributed by atoms with van der Waals surface area (Å²) in [6.45, 7) is 0.520. The highest BCUT2D eigenvalue weighted by molar-refractivity contribution is 9.10. The van der Waals surface area contributed by atoms with Gasteiger partial charge in [-0.2, -0.15) is 13.2 Å². The Bertz CT molecular complexity index is 504. The van der Waals surface area contributed by atoms with Crippen LogP contribution in [0.15, 0.2) is 22.7 Å². The van der Waals surface area contributed by atoms with E-state index in [0.29, 0.717) is 4.47 Å². The monoisotopic (exact) mass is 336 g/mol. The number of hydrogen-bond acceptors (Lipinski definition) is 2. The number of rotatable bonds is 2. The Balaban J connectivity index is 2.44. The Morgan fingerprint density at radius 2 is 2.11 bits per heavy atom. The Kier molecular flexibility index (Phi) is 3.87. The fourth-order valence-corrected chi connectivity index (χ4v) is 2.49. The largest absolute Gasteiger partial charge is 0.418 e. The number of anilines is 1. The van der Waals surface area contributed by atoms with E-state index < -0.39 is 11.7 Å². The van der Waals surface area contributed by atoms with Gasteiger partial charge < -0.3 is 10.6 Å². The van der Waals surface area contributed by atoms with Crippen LogP contribution < -0.4 is 10.6 Å². The van der Waals surface area contributed by atoms with Crippen LogP contribution in [0.1, 0.15) is 12.0 Å². The number of hydrogen-bond donors (Lipinski definition) is 1. The first-order valence-corrected chi connectivity index (χ1v) is 6.49. The van der Waals surface area contributed by atoms with E-state index in [2.05, 4.69) is 15.9 Å². The van der Waals surface area contributed by atoms with Crippen LogP contribution in [-0.4, -0.2) is 19.0 Å². The van der Waals surface area contributed by atoms with Gasteiger partial charge in [0.25, 0.3) is 0 Å². The first-order chi connectivity index (χ1) is 8.82. The van der Waals surface area contributed by atoms with Crippen molar-refractivity contribution >= 4 is 27.5 Å². The quantitative estimate of drug-likeness (QED) is 0.902. The van der Waals surface area contributed by atoms with Gasteiger partial charge in [0.2, 0.25) is 5.91 Å². The fourth-order valence-electron chi connectivity index (χ4n) is 2.14. The van der Waals surface area contributed by atoms with Gasteiger partial charge in [0.05, 0.1) is 11.3 Å². The molecule has 1 amide bonds. The Morgan fingerprint density at radius 3 is 2.63 bits per heavy atom. The summed E-state index contributed by atoms with van der Waals surface area (Å²) in [7, 11) is 0. The predicted octanol–water partition coefficient (Wildman–Crippen LogP) is 2.78. The van der Waals surface area contributed by atoms with Crippen molar-refractivity contribution in [1.29, 1.82) is 0 Å². The lowest BCUT2D eigenvalue weighted by molar-refractivity contribution is -0.137. The molecule has 1 aliphatic rings. The molecule has 1 heterocycles. The molecule has 0 bridgehead atoms. The van der Waals surface area contributed by atoms with E-state index in [-0.39, 0.29) is 37.0 Å². The van der Waals surface area contributed by atoms with Gasteiger partial charge in [-0.05, 0) is 30.7 Å². The summed E-state index contributed by atoms with van der Waals surface area (Å²) in [5.74, 6) is -0.411. The predicted molar refractivity (Wildman–Crippen MR) is 68.7 cm³/mol. The smallest absolute Gasteiger partial charge is 0.330 e. The molecule has 0 aromatic heterocycles. The number of carbonyl (C=O) groups is 1. The van der Waals surface area contributed by atoms with E-state index in [1.54, 1.807) is 0 Å².